The summed E-state index contributed by atoms with van der Waals surface area (Å²) in [5.74, 6) is -0.679. The molecule has 6 nitrogen and oxygen atoms in total. The number of thiazole rings is 1. The maximum Gasteiger partial charge on any atom is 0.241 e. The summed E-state index contributed by atoms with van der Waals surface area (Å²) >= 11 is 1.33. The zero-order chi connectivity index (χ0) is 21.9. The van der Waals surface area contributed by atoms with Gasteiger partial charge in [0, 0.05) is 22.2 Å². The van der Waals surface area contributed by atoms with E-state index in [1.807, 2.05) is 0 Å². The van der Waals surface area contributed by atoms with Crippen LogP contribution in [0.2, 0.25) is 0 Å². The number of nitrogens with zero attached hydrogens (tertiary/aromatic N) is 1. The van der Waals surface area contributed by atoms with E-state index in [1.165, 1.54) is 35.6 Å². The number of sulfonamides is 1. The molecule has 1 amide bonds. The molecule has 3 aromatic rings. The molecule has 0 atom stereocenters. The Morgan fingerprint density at radius 3 is 2.57 bits per heavy atom. The first kappa shape index (κ1) is 22.1. The smallest absolute Gasteiger partial charge is 0.241 e. The molecule has 2 N–H and O–H groups in total. The minimum absolute atomic E-state index is 0.0169. The fraction of sp³-hybridized carbons (Fsp3) is 0.238. The van der Waals surface area contributed by atoms with Crippen molar-refractivity contribution in [2.75, 3.05) is 5.32 Å². The van der Waals surface area contributed by atoms with Crippen LogP contribution < -0.4 is 10.0 Å². The predicted molar refractivity (Wildman–Crippen MR) is 116 cm³/mol. The normalized spacial score (nSPS) is 12.0. The van der Waals surface area contributed by atoms with Crippen molar-refractivity contribution in [1.82, 2.24) is 9.71 Å². The van der Waals surface area contributed by atoms with E-state index in [4.69, 9.17) is 0 Å². The number of carbonyl (C=O) groups is 1. The van der Waals surface area contributed by atoms with Gasteiger partial charge < -0.3 is 5.32 Å². The van der Waals surface area contributed by atoms with Crippen molar-refractivity contribution in [1.29, 1.82) is 0 Å². The molecule has 3 rings (SSSR count). The minimum atomic E-state index is -3.71. The monoisotopic (exact) mass is 447 g/mol. The number of halogens is 1. The van der Waals surface area contributed by atoms with Crippen LogP contribution in [0.3, 0.4) is 0 Å². The molecule has 1 aromatic heterocycles. The van der Waals surface area contributed by atoms with E-state index in [2.05, 4.69) is 15.0 Å². The maximum atomic E-state index is 13.4. The first-order chi connectivity index (χ1) is 14.0. The summed E-state index contributed by atoms with van der Waals surface area (Å²) in [6, 6.07) is 12.2. The number of benzene rings is 2. The third-order valence-electron chi connectivity index (χ3n) is 3.83. The number of rotatable bonds is 6. The molecule has 158 valence electrons. The van der Waals surface area contributed by atoms with Gasteiger partial charge in [0.15, 0.2) is 0 Å². The van der Waals surface area contributed by atoms with E-state index in [1.54, 1.807) is 50.4 Å². The van der Waals surface area contributed by atoms with Gasteiger partial charge in [0.05, 0.1) is 17.0 Å². The van der Waals surface area contributed by atoms with Crippen molar-refractivity contribution >= 4 is 33.0 Å². The highest BCUT2D eigenvalue weighted by Crippen LogP contribution is 2.25. The first-order valence-electron chi connectivity index (χ1n) is 9.16. The second-order valence-corrected chi connectivity index (χ2v) is 10.3. The van der Waals surface area contributed by atoms with E-state index < -0.39 is 15.6 Å². The molecule has 30 heavy (non-hydrogen) atoms. The van der Waals surface area contributed by atoms with Gasteiger partial charge in [0.2, 0.25) is 15.9 Å². The van der Waals surface area contributed by atoms with E-state index in [0.29, 0.717) is 22.0 Å². The van der Waals surface area contributed by atoms with Crippen molar-refractivity contribution in [3.63, 3.8) is 0 Å². The molecule has 0 saturated carbocycles. The third-order valence-corrected chi connectivity index (χ3v) is 6.53. The topological polar surface area (TPSA) is 88.2 Å². The van der Waals surface area contributed by atoms with Gasteiger partial charge in [0.1, 0.15) is 10.8 Å². The Hall–Kier alpha value is -2.62. The Morgan fingerprint density at radius 2 is 1.87 bits per heavy atom. The molecule has 1 heterocycles. The van der Waals surface area contributed by atoms with E-state index in [0.717, 1.165) is 0 Å². The highest BCUT2D eigenvalue weighted by Gasteiger charge is 2.22. The average molecular weight is 448 g/mol. The van der Waals surface area contributed by atoms with E-state index >= 15 is 0 Å². The fourth-order valence-electron chi connectivity index (χ4n) is 2.71. The van der Waals surface area contributed by atoms with Crippen LogP contribution in [0.15, 0.2) is 58.8 Å². The lowest BCUT2D eigenvalue weighted by Crippen LogP contribution is -2.40. The average Bonchev–Trinajstić information content (AvgIpc) is 3.08. The number of aromatic nitrogens is 1. The van der Waals surface area contributed by atoms with Gasteiger partial charge in [0.25, 0.3) is 0 Å². The Bertz CT molecular complexity index is 1170. The number of amides is 1. The van der Waals surface area contributed by atoms with Crippen molar-refractivity contribution in [2.45, 2.75) is 37.6 Å². The van der Waals surface area contributed by atoms with Crippen molar-refractivity contribution in [2.24, 2.45) is 0 Å². The Labute approximate surface area is 179 Å². The number of carbonyl (C=O) groups excluding carboxylic acids is 1. The van der Waals surface area contributed by atoms with Crippen molar-refractivity contribution in [3.8, 4) is 10.6 Å². The Kier molecular flexibility index (Phi) is 6.35. The second-order valence-electron chi connectivity index (χ2n) is 7.76. The van der Waals surface area contributed by atoms with Crippen LogP contribution in [0.4, 0.5) is 10.1 Å². The standard InChI is InChI=1S/C21H22FN3O3S2/c1-21(2,3)25-30(27,28)18-9-5-8-16(11-18)23-19(26)12-17-13-29-20(24-17)14-6-4-7-15(22)10-14/h4-11,13,25H,12H2,1-3H3,(H,23,26). The van der Waals surface area contributed by atoms with Crippen LogP contribution >= 0.6 is 11.3 Å². The van der Waals surface area contributed by atoms with Gasteiger partial charge in [-0.15, -0.1) is 11.3 Å². The van der Waals surface area contributed by atoms with Gasteiger partial charge in [-0.25, -0.2) is 22.5 Å². The molecule has 0 fully saturated rings. The summed E-state index contributed by atoms with van der Waals surface area (Å²) in [4.78, 5) is 16.9. The molecule has 2 aromatic carbocycles. The summed E-state index contributed by atoms with van der Waals surface area (Å²) in [6.45, 7) is 5.26. The van der Waals surface area contributed by atoms with Gasteiger partial charge in [-0.2, -0.15) is 0 Å². The van der Waals surface area contributed by atoms with Crippen molar-refractivity contribution < 1.29 is 17.6 Å². The first-order valence-corrected chi connectivity index (χ1v) is 11.5. The molecule has 0 aliphatic carbocycles. The summed E-state index contributed by atoms with van der Waals surface area (Å²) in [7, 11) is -3.71. The summed E-state index contributed by atoms with van der Waals surface area (Å²) < 4.78 is 40.9. The lowest BCUT2D eigenvalue weighted by molar-refractivity contribution is -0.115. The minimum Gasteiger partial charge on any atom is -0.326 e. The van der Waals surface area contributed by atoms with Crippen LogP contribution in [0.25, 0.3) is 10.6 Å². The molecular formula is C21H22FN3O3S2. The number of nitrogens with one attached hydrogen (secondary N) is 2. The maximum absolute atomic E-state index is 13.4. The van der Waals surface area contributed by atoms with Gasteiger partial charge in [-0.3, -0.25) is 4.79 Å². The zero-order valence-corrected chi connectivity index (χ0v) is 18.4. The number of anilines is 1. The molecule has 0 aliphatic heterocycles. The van der Waals surface area contributed by atoms with Crippen LogP contribution in [-0.4, -0.2) is 24.8 Å². The summed E-state index contributed by atoms with van der Waals surface area (Å²) in [5.41, 5.74) is 0.949. The van der Waals surface area contributed by atoms with Crippen LogP contribution in [0, 0.1) is 5.82 Å². The zero-order valence-electron chi connectivity index (χ0n) is 16.8. The number of hydrogen-bond acceptors (Lipinski definition) is 5. The molecule has 0 unspecified atom stereocenters. The van der Waals surface area contributed by atoms with Crippen LogP contribution in [-0.2, 0) is 21.2 Å². The molecule has 9 heteroatoms. The largest absolute Gasteiger partial charge is 0.326 e. The molecule has 0 bridgehead atoms. The van der Waals surface area contributed by atoms with Gasteiger partial charge in [-0.1, -0.05) is 18.2 Å². The molecule has 0 radical (unpaired) electrons. The highest BCUT2D eigenvalue weighted by atomic mass is 32.2. The fourth-order valence-corrected chi connectivity index (χ4v) is 5.00. The van der Waals surface area contributed by atoms with Gasteiger partial charge in [-0.05, 0) is 51.1 Å². The summed E-state index contributed by atoms with van der Waals surface area (Å²) in [6.07, 6.45) is 0.0169. The quantitative estimate of drug-likeness (QED) is 0.593. The van der Waals surface area contributed by atoms with Crippen molar-refractivity contribution in [3.05, 3.63) is 65.4 Å². The lowest BCUT2D eigenvalue weighted by atomic mass is 10.1. The predicted octanol–water partition coefficient (Wildman–Crippen LogP) is 4.21. The van der Waals surface area contributed by atoms with Gasteiger partial charge >= 0.3 is 0 Å². The molecular weight excluding hydrogens is 425 g/mol. The van der Waals surface area contributed by atoms with Crippen LogP contribution in [0.1, 0.15) is 26.5 Å². The summed E-state index contributed by atoms with van der Waals surface area (Å²) in [5, 5.41) is 5.07. The molecule has 0 aliphatic rings. The molecule has 0 saturated heterocycles. The highest BCUT2D eigenvalue weighted by molar-refractivity contribution is 7.89. The Balaban J connectivity index is 1.69. The SMILES string of the molecule is CC(C)(C)NS(=O)(=O)c1cccc(NC(=O)Cc2csc(-c3cccc(F)c3)n2)c1. The third kappa shape index (κ3) is 5.94. The van der Waals surface area contributed by atoms with E-state index in [9.17, 15) is 17.6 Å². The Morgan fingerprint density at radius 1 is 1.13 bits per heavy atom. The number of hydrogen-bond donors (Lipinski definition) is 2. The van der Waals surface area contributed by atoms with E-state index in [-0.39, 0.29) is 23.0 Å². The molecule has 0 spiro atoms. The van der Waals surface area contributed by atoms with Crippen LogP contribution in [0.5, 0.6) is 0 Å². The second kappa shape index (κ2) is 8.63. The lowest BCUT2D eigenvalue weighted by Gasteiger charge is -2.20.